The number of carbonyl (C=O) groups excluding carboxylic acids is 2. The first-order valence-electron chi connectivity index (χ1n) is 18.5. The van der Waals surface area contributed by atoms with Crippen molar-refractivity contribution in [2.75, 3.05) is 0 Å². The van der Waals surface area contributed by atoms with E-state index in [1.54, 1.807) is 19.1 Å². The Morgan fingerprint density at radius 3 is 2.16 bits per heavy atom. The molecule has 1 aliphatic rings. The van der Waals surface area contributed by atoms with Gasteiger partial charge in [0.15, 0.2) is 16.6 Å². The van der Waals surface area contributed by atoms with Gasteiger partial charge in [-0.3, -0.25) is 9.59 Å². The van der Waals surface area contributed by atoms with E-state index in [4.69, 9.17) is 13.6 Å². The van der Waals surface area contributed by atoms with E-state index in [1.807, 2.05) is 40.0 Å². The highest BCUT2D eigenvalue weighted by molar-refractivity contribution is 7.09. The molecule has 0 unspecified atom stereocenters. The zero-order valence-electron chi connectivity index (χ0n) is 33.5. The zero-order chi connectivity index (χ0) is 39.2. The van der Waals surface area contributed by atoms with Crippen molar-refractivity contribution in [3.05, 3.63) is 45.5 Å². The minimum Gasteiger partial charge on any atom is -0.457 e. The number of Topliss-reactive ketones (excluding diaryl/α,β-unsaturated/α-hetero) is 1. The van der Waals surface area contributed by atoms with Crippen LogP contribution in [0.5, 0.6) is 0 Å². The van der Waals surface area contributed by atoms with Crippen LogP contribution in [0.4, 0.5) is 13.2 Å². The van der Waals surface area contributed by atoms with Crippen molar-refractivity contribution in [3.63, 3.8) is 0 Å². The minimum atomic E-state index is -4.59. The Hall–Kier alpha value is -1.87. The summed E-state index contributed by atoms with van der Waals surface area (Å²) in [5.74, 6) is -1.73. The molecule has 0 bridgehead atoms. The van der Waals surface area contributed by atoms with Gasteiger partial charge in [0.1, 0.15) is 11.9 Å². The number of carbonyl (C=O) groups is 2. The van der Waals surface area contributed by atoms with Gasteiger partial charge in [-0.15, -0.1) is 11.3 Å². The number of rotatable bonds is 9. The lowest BCUT2D eigenvalue weighted by atomic mass is 9.73. The first kappa shape index (κ1) is 45.3. The van der Waals surface area contributed by atoms with Gasteiger partial charge in [0.25, 0.3) is 0 Å². The summed E-state index contributed by atoms with van der Waals surface area (Å²) in [5, 5.41) is 2.53. The van der Waals surface area contributed by atoms with Gasteiger partial charge in [0, 0.05) is 28.7 Å². The molecule has 0 fully saturated rings. The number of aryl methyl sites for hydroxylation is 1. The second-order valence-electron chi connectivity index (χ2n) is 16.4. The molecule has 0 radical (unpaired) electrons. The maximum Gasteiger partial charge on any atom is 0.412 e. The second-order valence-corrected chi connectivity index (χ2v) is 26.9. The maximum atomic E-state index is 14.8. The molecule has 5 atom stereocenters. The number of ketones is 1. The molecule has 0 aromatic carbocycles. The molecular weight excluding hydrogens is 708 g/mol. The van der Waals surface area contributed by atoms with Crippen LogP contribution in [0.2, 0.25) is 36.3 Å². The molecule has 0 saturated heterocycles. The Kier molecular flexibility index (Phi) is 16.0. The number of hydrogen-bond donors (Lipinski definition) is 0. The van der Waals surface area contributed by atoms with Crippen molar-refractivity contribution in [1.82, 2.24) is 4.98 Å². The number of esters is 1. The van der Waals surface area contributed by atoms with E-state index in [1.165, 1.54) is 17.4 Å². The van der Waals surface area contributed by atoms with Gasteiger partial charge in [-0.2, -0.15) is 13.2 Å². The zero-order valence-corrected chi connectivity index (χ0v) is 36.4. The summed E-state index contributed by atoms with van der Waals surface area (Å²) in [5.41, 5.74) is -0.609. The fraction of sp³-hybridized carbons (Fsp3) is 0.718. The van der Waals surface area contributed by atoms with E-state index >= 15 is 0 Å². The van der Waals surface area contributed by atoms with Gasteiger partial charge in [0.2, 0.25) is 0 Å². The normalized spacial score (nSPS) is 27.1. The Morgan fingerprint density at radius 1 is 1.08 bits per heavy atom. The smallest absolute Gasteiger partial charge is 0.412 e. The summed E-state index contributed by atoms with van der Waals surface area (Å²) in [4.78, 5) is 33.2. The highest BCUT2D eigenvalue weighted by Gasteiger charge is 2.49. The molecule has 1 aromatic heterocycles. The van der Waals surface area contributed by atoms with Crippen LogP contribution >= 0.6 is 11.3 Å². The van der Waals surface area contributed by atoms with Crippen LogP contribution in [0.25, 0.3) is 6.08 Å². The van der Waals surface area contributed by atoms with Gasteiger partial charge in [0.05, 0.1) is 29.3 Å². The number of aromatic nitrogens is 1. The highest BCUT2D eigenvalue weighted by Crippen LogP contribution is 2.42. The summed E-state index contributed by atoms with van der Waals surface area (Å²) in [7, 11) is -4.79. The van der Waals surface area contributed by atoms with Crippen molar-refractivity contribution >= 4 is 45.8 Å². The van der Waals surface area contributed by atoms with Crippen LogP contribution in [0.15, 0.2) is 34.8 Å². The first-order chi connectivity index (χ1) is 23.3. The summed E-state index contributed by atoms with van der Waals surface area (Å²) >= 11 is 1.46. The van der Waals surface area contributed by atoms with E-state index in [-0.39, 0.29) is 36.0 Å². The van der Waals surface area contributed by atoms with Crippen molar-refractivity contribution < 1.29 is 36.3 Å². The number of allylic oxidation sites excluding steroid dienone is 2. The Balaban J connectivity index is 2.81. The third-order valence-corrected chi connectivity index (χ3v) is 21.2. The molecule has 2 heterocycles. The second kappa shape index (κ2) is 18.0. The SMILES string of the molecule is CC[Si](CC)(CC)O[C@H]1CC(=O)O[C@H](/C(C)=C/c2csc(C)n2)C/C=C(/C(F)(F)F)C/C=C/[C@H](C)[C@H](O[Si](C)(C)C(C)(C)C)[C@@H](C)C(=O)C1(C)C. The largest absolute Gasteiger partial charge is 0.457 e. The lowest BCUT2D eigenvalue weighted by molar-refractivity contribution is -0.153. The maximum absolute atomic E-state index is 14.8. The quantitative estimate of drug-likeness (QED) is 0.141. The Labute approximate surface area is 312 Å². The third kappa shape index (κ3) is 12.1. The number of nitrogens with zero attached hydrogens (tertiary/aromatic N) is 1. The van der Waals surface area contributed by atoms with Crippen molar-refractivity contribution in [2.24, 2.45) is 17.3 Å². The fourth-order valence-electron chi connectivity index (χ4n) is 6.36. The molecule has 290 valence electrons. The molecular formula is C39H64F3NO5SSi2. The highest BCUT2D eigenvalue weighted by atomic mass is 32.1. The molecule has 0 spiro atoms. The van der Waals surface area contributed by atoms with Crippen molar-refractivity contribution in [3.8, 4) is 0 Å². The number of alkyl halides is 3. The van der Waals surface area contributed by atoms with E-state index in [0.717, 1.165) is 29.2 Å². The molecule has 1 aromatic rings. The van der Waals surface area contributed by atoms with Crippen LogP contribution in [0, 0.1) is 24.2 Å². The fourth-order valence-corrected chi connectivity index (χ4v) is 11.4. The number of halogens is 3. The predicted octanol–water partition coefficient (Wildman–Crippen LogP) is 11.6. The van der Waals surface area contributed by atoms with E-state index in [9.17, 15) is 22.8 Å². The topological polar surface area (TPSA) is 74.7 Å². The molecule has 6 nitrogen and oxygen atoms in total. The van der Waals surface area contributed by atoms with Gasteiger partial charge >= 0.3 is 12.1 Å². The molecule has 0 amide bonds. The average Bonchev–Trinajstić information content (AvgIpc) is 3.44. The number of cyclic esters (lactones) is 1. The van der Waals surface area contributed by atoms with Gasteiger partial charge in [-0.05, 0) is 74.1 Å². The molecule has 1 aliphatic heterocycles. The molecule has 0 saturated carbocycles. The number of ether oxygens (including phenoxy) is 1. The van der Waals surface area contributed by atoms with E-state index < -0.39 is 64.0 Å². The molecule has 2 rings (SSSR count). The lowest BCUT2D eigenvalue weighted by Crippen LogP contribution is -2.53. The summed E-state index contributed by atoms with van der Waals surface area (Å²) in [6, 6.07) is 2.44. The average molecular weight is 772 g/mol. The standard InChI is InChI=1S/C39H64F3NO5SSi2/c1-15-51(16-2,17-3)47-33-24-34(44)46-32(27(5)23-31-25-49-29(7)43-31)22-21-30(39(40,41)42)20-18-19-26(4)35(28(6)36(45)38(33,11)12)48-50(13,14)37(8,9)10/h18-19,21,23,25-26,28,32-33,35H,15-17,20,22,24H2,1-14H3/b19-18+,27-23+,30-21+/t26-,28+,32-,33-,35-/m0/s1. The van der Waals surface area contributed by atoms with Crippen LogP contribution in [0.3, 0.4) is 0 Å². The molecule has 51 heavy (non-hydrogen) atoms. The Morgan fingerprint density at radius 2 is 1.67 bits per heavy atom. The van der Waals surface area contributed by atoms with Crippen LogP contribution in [0.1, 0.15) is 106 Å². The first-order valence-corrected chi connectivity index (χ1v) is 24.8. The Bertz CT molecular complexity index is 1410. The van der Waals surface area contributed by atoms with Gasteiger partial charge in [-0.25, -0.2) is 4.98 Å². The van der Waals surface area contributed by atoms with Gasteiger partial charge in [-0.1, -0.05) is 87.5 Å². The van der Waals surface area contributed by atoms with E-state index in [0.29, 0.717) is 11.3 Å². The van der Waals surface area contributed by atoms with Crippen molar-refractivity contribution in [2.45, 2.75) is 163 Å². The van der Waals surface area contributed by atoms with Crippen LogP contribution in [-0.4, -0.2) is 57.9 Å². The summed E-state index contributed by atoms with van der Waals surface area (Å²) in [6.45, 7) is 27.9. The predicted molar refractivity (Wildman–Crippen MR) is 209 cm³/mol. The van der Waals surface area contributed by atoms with E-state index in [2.05, 4.69) is 59.6 Å². The molecule has 0 N–H and O–H groups in total. The molecule has 0 aliphatic carbocycles. The van der Waals surface area contributed by atoms with Gasteiger partial charge < -0.3 is 13.6 Å². The number of hydrogen-bond acceptors (Lipinski definition) is 7. The lowest BCUT2D eigenvalue weighted by Gasteiger charge is -2.45. The monoisotopic (exact) mass is 771 g/mol. The van der Waals surface area contributed by atoms with Crippen LogP contribution in [-0.2, 0) is 23.2 Å². The minimum absolute atomic E-state index is 0.107. The summed E-state index contributed by atoms with van der Waals surface area (Å²) < 4.78 is 63.2. The third-order valence-electron chi connectivity index (χ3n) is 11.3. The molecule has 12 heteroatoms. The number of thiazole rings is 1. The van der Waals surface area contributed by atoms with Crippen LogP contribution < -0.4 is 0 Å². The van der Waals surface area contributed by atoms with Crippen molar-refractivity contribution in [1.29, 1.82) is 0 Å². The summed E-state index contributed by atoms with van der Waals surface area (Å²) in [6.07, 6.45) is -1.53.